The van der Waals surface area contributed by atoms with E-state index < -0.39 is 0 Å². The highest BCUT2D eigenvalue weighted by Crippen LogP contribution is 2.30. The number of carbonyl (C=O) groups excluding carboxylic acids is 1. The first-order valence-corrected chi connectivity index (χ1v) is 8.00. The lowest BCUT2D eigenvalue weighted by molar-refractivity contribution is 0.0887. The summed E-state index contributed by atoms with van der Waals surface area (Å²) in [7, 11) is 0. The lowest BCUT2D eigenvalue weighted by Crippen LogP contribution is -2.48. The Morgan fingerprint density at radius 2 is 2.00 bits per heavy atom. The summed E-state index contributed by atoms with van der Waals surface area (Å²) in [5.74, 6) is 0.801. The van der Waals surface area contributed by atoms with Crippen molar-refractivity contribution in [2.75, 3.05) is 13.1 Å². The maximum Gasteiger partial charge on any atom is 0.287 e. The maximum absolute atomic E-state index is 12.6. The van der Waals surface area contributed by atoms with Gasteiger partial charge in [-0.25, -0.2) is 0 Å². The Hall–Kier alpha value is -1.81. The van der Waals surface area contributed by atoms with Gasteiger partial charge in [-0.2, -0.15) is 0 Å². The van der Waals surface area contributed by atoms with E-state index in [4.69, 9.17) is 4.42 Å². The van der Waals surface area contributed by atoms with Crippen LogP contribution in [0.15, 0.2) is 16.5 Å². The standard InChI is InChI=1S/C18H24N2O2/c1-10-5-6-11(2)16-15(10)13(4)17(22-16)18(21)20-14-7-8-19-9-12(14)3/h5-6,12,14,19H,7-9H2,1-4H3,(H,20,21). The highest BCUT2D eigenvalue weighted by Gasteiger charge is 2.26. The molecule has 1 aliphatic rings. The average Bonchev–Trinajstić information content (AvgIpc) is 2.84. The number of furan rings is 1. The minimum atomic E-state index is -0.0914. The molecule has 0 bridgehead atoms. The molecule has 3 rings (SSSR count). The van der Waals surface area contributed by atoms with Gasteiger partial charge in [-0.3, -0.25) is 4.79 Å². The molecule has 1 fully saturated rings. The predicted molar refractivity (Wildman–Crippen MR) is 88.3 cm³/mol. The van der Waals surface area contributed by atoms with E-state index in [9.17, 15) is 4.79 Å². The fraction of sp³-hybridized carbons (Fsp3) is 0.500. The summed E-state index contributed by atoms with van der Waals surface area (Å²) in [6, 6.07) is 4.33. The molecule has 118 valence electrons. The molecule has 0 spiro atoms. The normalized spacial score (nSPS) is 22.0. The molecule has 0 aliphatic carbocycles. The maximum atomic E-state index is 12.6. The second kappa shape index (κ2) is 5.76. The molecule has 0 radical (unpaired) electrons. The molecule has 4 nitrogen and oxygen atoms in total. The first-order chi connectivity index (χ1) is 10.5. The Morgan fingerprint density at radius 1 is 1.27 bits per heavy atom. The van der Waals surface area contributed by atoms with Crippen LogP contribution in [0.1, 0.15) is 40.6 Å². The smallest absolute Gasteiger partial charge is 0.287 e. The third-order valence-electron chi connectivity index (χ3n) is 4.79. The van der Waals surface area contributed by atoms with Gasteiger partial charge in [-0.15, -0.1) is 0 Å². The predicted octanol–water partition coefficient (Wildman–Crippen LogP) is 3.09. The summed E-state index contributed by atoms with van der Waals surface area (Å²) in [5, 5.41) is 7.58. The Bertz CT molecular complexity index is 717. The fourth-order valence-corrected chi connectivity index (χ4v) is 3.35. The molecule has 2 atom stereocenters. The number of hydrogen-bond acceptors (Lipinski definition) is 3. The highest BCUT2D eigenvalue weighted by atomic mass is 16.3. The van der Waals surface area contributed by atoms with E-state index in [1.54, 1.807) is 0 Å². The summed E-state index contributed by atoms with van der Waals surface area (Å²) in [6.07, 6.45) is 0.963. The van der Waals surface area contributed by atoms with E-state index in [1.807, 2.05) is 19.9 Å². The van der Waals surface area contributed by atoms with E-state index >= 15 is 0 Å². The van der Waals surface area contributed by atoms with Gasteiger partial charge in [0, 0.05) is 17.0 Å². The SMILES string of the molecule is Cc1ccc(C)c2c(C)c(C(=O)NC3CCNCC3C)oc12. The summed E-state index contributed by atoms with van der Waals surface area (Å²) in [5.41, 5.74) is 3.99. The Labute approximate surface area is 131 Å². The van der Waals surface area contributed by atoms with Gasteiger partial charge in [0.15, 0.2) is 5.76 Å². The summed E-state index contributed by atoms with van der Waals surface area (Å²) < 4.78 is 5.92. The van der Waals surface area contributed by atoms with E-state index in [0.29, 0.717) is 11.7 Å². The summed E-state index contributed by atoms with van der Waals surface area (Å²) in [6.45, 7) is 10.1. The zero-order valence-corrected chi connectivity index (χ0v) is 13.7. The van der Waals surface area contributed by atoms with Crippen LogP contribution in [0.2, 0.25) is 0 Å². The largest absolute Gasteiger partial charge is 0.450 e. The lowest BCUT2D eigenvalue weighted by atomic mass is 9.95. The lowest BCUT2D eigenvalue weighted by Gasteiger charge is -2.29. The van der Waals surface area contributed by atoms with Crippen LogP contribution < -0.4 is 10.6 Å². The second-order valence-electron chi connectivity index (χ2n) is 6.51. The van der Waals surface area contributed by atoms with Crippen molar-refractivity contribution in [1.29, 1.82) is 0 Å². The Kier molecular flexibility index (Phi) is 3.96. The second-order valence-corrected chi connectivity index (χ2v) is 6.51. The van der Waals surface area contributed by atoms with Crippen molar-refractivity contribution >= 4 is 16.9 Å². The van der Waals surface area contributed by atoms with Crippen molar-refractivity contribution in [3.05, 3.63) is 34.6 Å². The molecule has 0 saturated carbocycles. The third-order valence-corrected chi connectivity index (χ3v) is 4.79. The Balaban J connectivity index is 1.93. The van der Waals surface area contributed by atoms with E-state index in [1.165, 1.54) is 0 Å². The van der Waals surface area contributed by atoms with Crippen LogP contribution in [0.25, 0.3) is 11.0 Å². The van der Waals surface area contributed by atoms with Crippen LogP contribution >= 0.6 is 0 Å². The van der Waals surface area contributed by atoms with Gasteiger partial charge in [0.25, 0.3) is 5.91 Å². The fourth-order valence-electron chi connectivity index (χ4n) is 3.35. The van der Waals surface area contributed by atoms with Crippen molar-refractivity contribution in [2.45, 2.75) is 40.2 Å². The number of rotatable bonds is 2. The molecule has 1 amide bonds. The van der Waals surface area contributed by atoms with E-state index in [0.717, 1.165) is 47.2 Å². The monoisotopic (exact) mass is 300 g/mol. The molecule has 4 heteroatoms. The van der Waals surface area contributed by atoms with Crippen molar-refractivity contribution < 1.29 is 9.21 Å². The zero-order chi connectivity index (χ0) is 15.9. The molecule has 1 aromatic carbocycles. The van der Waals surface area contributed by atoms with E-state index in [2.05, 4.69) is 30.5 Å². The molecule has 2 aromatic rings. The van der Waals surface area contributed by atoms with E-state index in [-0.39, 0.29) is 11.9 Å². The number of aryl methyl sites for hydroxylation is 3. The first kappa shape index (κ1) is 15.1. The molecular formula is C18H24N2O2. The molecular weight excluding hydrogens is 276 g/mol. The van der Waals surface area contributed by atoms with Crippen molar-refractivity contribution in [3.8, 4) is 0 Å². The van der Waals surface area contributed by atoms with Crippen LogP contribution in [0.5, 0.6) is 0 Å². The quantitative estimate of drug-likeness (QED) is 0.896. The zero-order valence-electron chi connectivity index (χ0n) is 13.7. The molecule has 2 heterocycles. The number of fused-ring (bicyclic) bond motifs is 1. The van der Waals surface area contributed by atoms with Gasteiger partial charge >= 0.3 is 0 Å². The number of nitrogens with one attached hydrogen (secondary N) is 2. The van der Waals surface area contributed by atoms with Crippen molar-refractivity contribution in [2.24, 2.45) is 5.92 Å². The first-order valence-electron chi connectivity index (χ1n) is 8.00. The number of amides is 1. The van der Waals surface area contributed by atoms with Crippen LogP contribution in [-0.2, 0) is 0 Å². The van der Waals surface area contributed by atoms with Crippen molar-refractivity contribution in [3.63, 3.8) is 0 Å². The minimum absolute atomic E-state index is 0.0914. The molecule has 2 N–H and O–H groups in total. The van der Waals surface area contributed by atoms with Crippen LogP contribution in [0, 0.1) is 26.7 Å². The topological polar surface area (TPSA) is 54.3 Å². The third kappa shape index (κ3) is 2.52. The Morgan fingerprint density at radius 3 is 2.68 bits per heavy atom. The highest BCUT2D eigenvalue weighted by molar-refractivity contribution is 6.00. The minimum Gasteiger partial charge on any atom is -0.450 e. The summed E-state index contributed by atoms with van der Waals surface area (Å²) in [4.78, 5) is 12.6. The number of piperidine rings is 1. The van der Waals surface area contributed by atoms with Crippen LogP contribution in [0.3, 0.4) is 0 Å². The number of hydrogen-bond donors (Lipinski definition) is 2. The van der Waals surface area contributed by atoms with Gasteiger partial charge in [0.05, 0.1) is 0 Å². The molecule has 1 aliphatic heterocycles. The van der Waals surface area contributed by atoms with Gasteiger partial charge in [0.2, 0.25) is 0 Å². The molecule has 1 saturated heterocycles. The van der Waals surface area contributed by atoms with Gasteiger partial charge < -0.3 is 15.1 Å². The molecule has 22 heavy (non-hydrogen) atoms. The van der Waals surface area contributed by atoms with Gasteiger partial charge in [-0.05, 0) is 57.3 Å². The number of benzene rings is 1. The van der Waals surface area contributed by atoms with Crippen LogP contribution in [-0.4, -0.2) is 25.0 Å². The van der Waals surface area contributed by atoms with Crippen LogP contribution in [0.4, 0.5) is 0 Å². The number of carbonyl (C=O) groups is 1. The summed E-state index contributed by atoms with van der Waals surface area (Å²) >= 11 is 0. The van der Waals surface area contributed by atoms with Crippen molar-refractivity contribution in [1.82, 2.24) is 10.6 Å². The van der Waals surface area contributed by atoms with Gasteiger partial charge in [0.1, 0.15) is 5.58 Å². The average molecular weight is 300 g/mol. The van der Waals surface area contributed by atoms with Gasteiger partial charge in [-0.1, -0.05) is 19.1 Å². The molecule has 2 unspecified atom stereocenters. The molecule has 1 aromatic heterocycles.